The second-order valence-corrected chi connectivity index (χ2v) is 6.85. The van der Waals surface area contributed by atoms with E-state index in [1.807, 2.05) is 39.2 Å². The molecule has 3 rings (SSSR count). The molecule has 1 N–H and O–H groups in total. The van der Waals surface area contributed by atoms with Gasteiger partial charge in [-0.2, -0.15) is 5.10 Å². The van der Waals surface area contributed by atoms with Crippen LogP contribution in [0, 0.1) is 0 Å². The summed E-state index contributed by atoms with van der Waals surface area (Å²) in [5, 5.41) is 7.17. The van der Waals surface area contributed by atoms with Crippen molar-refractivity contribution in [2.45, 2.75) is 45.3 Å². The van der Waals surface area contributed by atoms with Crippen LogP contribution < -0.4 is 10.2 Å². The summed E-state index contributed by atoms with van der Waals surface area (Å²) in [7, 11) is 0. The number of hydrogen-bond acceptors (Lipinski definition) is 5. The van der Waals surface area contributed by atoms with Gasteiger partial charge in [0.2, 0.25) is 0 Å². The highest BCUT2D eigenvalue weighted by molar-refractivity contribution is 5.68. The highest BCUT2D eigenvalue weighted by Gasteiger charge is 2.24. The molecule has 1 amide bonds. The second kappa shape index (κ2) is 6.06. The van der Waals surface area contributed by atoms with Gasteiger partial charge >= 0.3 is 6.09 Å². The molecule has 1 saturated heterocycles. The lowest BCUT2D eigenvalue weighted by atomic mass is 10.1. The van der Waals surface area contributed by atoms with Crippen LogP contribution in [0.3, 0.4) is 0 Å². The van der Waals surface area contributed by atoms with Gasteiger partial charge < -0.3 is 15.0 Å². The fraction of sp³-hybridized carbons (Fsp3) is 0.562. The largest absolute Gasteiger partial charge is 0.444 e. The Balaban J connectivity index is 1.54. The molecule has 124 valence electrons. The molecule has 0 saturated carbocycles. The standard InChI is InChI=1S/C16H23N5O2/c1-16(2,3)23-15(22)19-12-5-8-20(9-6-12)13-10-17-14-4-7-18-21(14)11-13/h4,7,10-12H,5-6,8-9H2,1-3H3,(H,19,22). The number of nitrogens with zero attached hydrogens (tertiary/aromatic N) is 4. The van der Waals surface area contributed by atoms with Crippen LogP contribution in [0.1, 0.15) is 33.6 Å². The first-order valence-electron chi connectivity index (χ1n) is 7.94. The summed E-state index contributed by atoms with van der Waals surface area (Å²) in [5.74, 6) is 0. The van der Waals surface area contributed by atoms with E-state index in [9.17, 15) is 4.79 Å². The lowest BCUT2D eigenvalue weighted by molar-refractivity contribution is 0.0497. The quantitative estimate of drug-likeness (QED) is 0.919. The van der Waals surface area contributed by atoms with Crippen molar-refractivity contribution in [2.75, 3.05) is 18.0 Å². The van der Waals surface area contributed by atoms with Gasteiger partial charge in [-0.15, -0.1) is 0 Å². The minimum atomic E-state index is -0.463. The number of carbonyl (C=O) groups is 1. The molecule has 23 heavy (non-hydrogen) atoms. The molecule has 7 nitrogen and oxygen atoms in total. The van der Waals surface area contributed by atoms with Crippen LogP contribution in [0.4, 0.5) is 10.5 Å². The highest BCUT2D eigenvalue weighted by Crippen LogP contribution is 2.19. The van der Waals surface area contributed by atoms with Crippen molar-refractivity contribution in [2.24, 2.45) is 0 Å². The van der Waals surface area contributed by atoms with Crippen molar-refractivity contribution in [3.8, 4) is 0 Å². The monoisotopic (exact) mass is 317 g/mol. The third-order valence-electron chi connectivity index (χ3n) is 3.81. The molecule has 2 aromatic rings. The van der Waals surface area contributed by atoms with Gasteiger partial charge in [-0.05, 0) is 33.6 Å². The molecule has 2 aromatic heterocycles. The zero-order chi connectivity index (χ0) is 16.4. The van der Waals surface area contributed by atoms with E-state index in [4.69, 9.17) is 4.74 Å². The number of aromatic nitrogens is 3. The van der Waals surface area contributed by atoms with Crippen LogP contribution in [-0.4, -0.2) is 45.4 Å². The maximum atomic E-state index is 11.8. The summed E-state index contributed by atoms with van der Waals surface area (Å²) in [6.45, 7) is 7.35. The molecule has 3 heterocycles. The Labute approximate surface area is 135 Å². The van der Waals surface area contributed by atoms with E-state index < -0.39 is 5.60 Å². The molecule has 0 radical (unpaired) electrons. The summed E-state index contributed by atoms with van der Waals surface area (Å²) < 4.78 is 7.08. The Hall–Kier alpha value is -2.31. The van der Waals surface area contributed by atoms with Crippen LogP contribution in [-0.2, 0) is 4.74 Å². The number of carbonyl (C=O) groups excluding carboxylic acids is 1. The van der Waals surface area contributed by atoms with Gasteiger partial charge in [0.15, 0.2) is 5.65 Å². The Morgan fingerprint density at radius 3 is 2.78 bits per heavy atom. The zero-order valence-electron chi connectivity index (χ0n) is 13.8. The Morgan fingerprint density at radius 1 is 1.35 bits per heavy atom. The highest BCUT2D eigenvalue weighted by atomic mass is 16.6. The number of piperidine rings is 1. The zero-order valence-corrected chi connectivity index (χ0v) is 13.8. The Morgan fingerprint density at radius 2 is 2.09 bits per heavy atom. The minimum Gasteiger partial charge on any atom is -0.444 e. The topological polar surface area (TPSA) is 71.8 Å². The first kappa shape index (κ1) is 15.6. The third-order valence-corrected chi connectivity index (χ3v) is 3.81. The molecule has 1 fully saturated rings. The molecular weight excluding hydrogens is 294 g/mol. The number of nitrogens with one attached hydrogen (secondary N) is 1. The normalized spacial score (nSPS) is 16.6. The number of hydrogen-bond donors (Lipinski definition) is 1. The van der Waals surface area contributed by atoms with Crippen molar-refractivity contribution >= 4 is 17.4 Å². The first-order valence-corrected chi connectivity index (χ1v) is 7.94. The number of anilines is 1. The van der Waals surface area contributed by atoms with Crippen LogP contribution >= 0.6 is 0 Å². The van der Waals surface area contributed by atoms with Crippen molar-refractivity contribution in [3.63, 3.8) is 0 Å². The number of rotatable bonds is 2. The van der Waals surface area contributed by atoms with E-state index in [2.05, 4.69) is 20.3 Å². The summed E-state index contributed by atoms with van der Waals surface area (Å²) >= 11 is 0. The molecule has 0 aliphatic carbocycles. The number of alkyl carbamates (subject to hydrolysis) is 1. The van der Waals surface area contributed by atoms with Gasteiger partial charge in [0.05, 0.1) is 24.3 Å². The smallest absolute Gasteiger partial charge is 0.407 e. The SMILES string of the molecule is CC(C)(C)OC(=O)NC1CCN(c2cnc3ccnn3c2)CC1. The molecule has 0 bridgehead atoms. The van der Waals surface area contributed by atoms with Crippen LogP contribution in [0.5, 0.6) is 0 Å². The van der Waals surface area contributed by atoms with E-state index in [0.717, 1.165) is 37.3 Å². The second-order valence-electron chi connectivity index (χ2n) is 6.85. The summed E-state index contributed by atoms with van der Waals surface area (Å²) in [5.41, 5.74) is 1.43. The van der Waals surface area contributed by atoms with E-state index in [-0.39, 0.29) is 12.1 Å². The molecule has 0 aromatic carbocycles. The van der Waals surface area contributed by atoms with E-state index in [0.29, 0.717) is 0 Å². The average Bonchev–Trinajstić information content (AvgIpc) is 2.93. The molecule has 1 aliphatic rings. The molecule has 0 atom stereocenters. The minimum absolute atomic E-state index is 0.155. The van der Waals surface area contributed by atoms with Crippen LogP contribution in [0.2, 0.25) is 0 Å². The van der Waals surface area contributed by atoms with Gasteiger partial charge in [0.25, 0.3) is 0 Å². The van der Waals surface area contributed by atoms with E-state index in [1.54, 1.807) is 10.7 Å². The predicted molar refractivity (Wildman–Crippen MR) is 87.6 cm³/mol. The predicted octanol–water partition coefficient (Wildman–Crippen LogP) is 2.22. The fourth-order valence-corrected chi connectivity index (χ4v) is 2.72. The third kappa shape index (κ3) is 3.91. The lowest BCUT2D eigenvalue weighted by Crippen LogP contribution is -2.46. The summed E-state index contributed by atoms with van der Waals surface area (Å²) in [4.78, 5) is 18.5. The van der Waals surface area contributed by atoms with E-state index in [1.165, 1.54) is 0 Å². The Bertz CT molecular complexity index is 683. The Kier molecular flexibility index (Phi) is 4.11. The fourth-order valence-electron chi connectivity index (χ4n) is 2.72. The number of ether oxygens (including phenoxy) is 1. The lowest BCUT2D eigenvalue weighted by Gasteiger charge is -2.34. The number of amides is 1. The van der Waals surface area contributed by atoms with E-state index >= 15 is 0 Å². The summed E-state index contributed by atoms with van der Waals surface area (Å²) in [6.07, 6.45) is 7.04. The van der Waals surface area contributed by atoms with Gasteiger partial charge in [-0.25, -0.2) is 14.3 Å². The van der Waals surface area contributed by atoms with Gasteiger partial charge in [-0.3, -0.25) is 0 Å². The van der Waals surface area contributed by atoms with Crippen molar-refractivity contribution in [1.82, 2.24) is 19.9 Å². The maximum absolute atomic E-state index is 11.8. The first-order chi connectivity index (χ1) is 10.9. The molecule has 7 heteroatoms. The van der Waals surface area contributed by atoms with Crippen molar-refractivity contribution in [1.29, 1.82) is 0 Å². The summed E-state index contributed by atoms with van der Waals surface area (Å²) in [6, 6.07) is 2.03. The van der Waals surface area contributed by atoms with Gasteiger partial charge in [0, 0.05) is 25.2 Å². The molecule has 0 spiro atoms. The molecule has 0 unspecified atom stereocenters. The molecule has 1 aliphatic heterocycles. The van der Waals surface area contributed by atoms with Crippen molar-refractivity contribution in [3.05, 3.63) is 24.7 Å². The van der Waals surface area contributed by atoms with Crippen molar-refractivity contribution < 1.29 is 9.53 Å². The average molecular weight is 317 g/mol. The van der Waals surface area contributed by atoms with Crippen LogP contribution in [0.25, 0.3) is 5.65 Å². The molecular formula is C16H23N5O2. The maximum Gasteiger partial charge on any atom is 0.407 e. The van der Waals surface area contributed by atoms with Crippen LogP contribution in [0.15, 0.2) is 24.7 Å². The van der Waals surface area contributed by atoms with Gasteiger partial charge in [0.1, 0.15) is 5.60 Å². The number of fused-ring (bicyclic) bond motifs is 1. The van der Waals surface area contributed by atoms with Gasteiger partial charge in [-0.1, -0.05) is 0 Å².